The van der Waals surface area contributed by atoms with Gasteiger partial charge in [0.25, 0.3) is 0 Å². The highest BCUT2D eigenvalue weighted by Gasteiger charge is 2.24. The molecule has 3 nitrogen and oxygen atoms in total. The maximum absolute atomic E-state index is 6.54. The third-order valence-electron chi connectivity index (χ3n) is 13.6. The van der Waals surface area contributed by atoms with Crippen LogP contribution in [-0.2, 0) is 0 Å². The van der Waals surface area contributed by atoms with Crippen molar-refractivity contribution in [2.75, 3.05) is 4.90 Å². The maximum atomic E-state index is 6.54. The first-order valence-corrected chi connectivity index (χ1v) is 23.6. The Morgan fingerprint density at radius 2 is 0.841 bits per heavy atom. The molecule has 0 atom stereocenters. The second-order valence-corrected chi connectivity index (χ2v) is 17.6. The lowest BCUT2D eigenvalue weighted by molar-refractivity contribution is 0.669. The second-order valence-electron chi connectivity index (χ2n) is 17.6. The summed E-state index contributed by atoms with van der Waals surface area (Å²) in [5.41, 5.74) is 19.7. The van der Waals surface area contributed by atoms with E-state index < -0.39 is 0 Å². The summed E-state index contributed by atoms with van der Waals surface area (Å²) >= 11 is 0. The van der Waals surface area contributed by atoms with Crippen molar-refractivity contribution >= 4 is 60.8 Å². The van der Waals surface area contributed by atoms with Crippen molar-refractivity contribution in [3.05, 3.63) is 267 Å². The largest absolute Gasteiger partial charge is 0.456 e. The van der Waals surface area contributed by atoms with Crippen molar-refractivity contribution in [2.24, 2.45) is 0 Å². The molecule has 69 heavy (non-hydrogen) atoms. The Morgan fingerprint density at radius 1 is 0.290 bits per heavy atom. The van der Waals surface area contributed by atoms with E-state index in [1.807, 2.05) is 12.1 Å². The van der Waals surface area contributed by atoms with E-state index in [4.69, 9.17) is 4.42 Å². The molecule has 0 unspecified atom stereocenters. The van der Waals surface area contributed by atoms with Gasteiger partial charge in [-0.2, -0.15) is 0 Å². The molecule has 0 radical (unpaired) electrons. The van der Waals surface area contributed by atoms with Crippen molar-refractivity contribution in [1.82, 2.24) is 4.57 Å². The van der Waals surface area contributed by atoms with Crippen LogP contribution >= 0.6 is 0 Å². The van der Waals surface area contributed by atoms with Crippen LogP contribution in [-0.4, -0.2) is 4.57 Å². The van der Waals surface area contributed by atoms with E-state index in [1.165, 1.54) is 27.4 Å². The van der Waals surface area contributed by atoms with Gasteiger partial charge in [0.15, 0.2) is 0 Å². The first-order valence-electron chi connectivity index (χ1n) is 23.6. The molecule has 0 N–H and O–H groups in total. The van der Waals surface area contributed by atoms with Gasteiger partial charge in [0.05, 0.1) is 22.4 Å². The summed E-state index contributed by atoms with van der Waals surface area (Å²) < 4.78 is 8.93. The molecule has 0 amide bonds. The predicted octanol–water partition coefficient (Wildman–Crippen LogP) is 18.5. The predicted molar refractivity (Wildman–Crippen MR) is 290 cm³/mol. The number of fused-ring (bicyclic) bond motifs is 6. The molecule has 324 valence electrons. The van der Waals surface area contributed by atoms with Gasteiger partial charge in [0.2, 0.25) is 0 Å². The van der Waals surface area contributed by atoms with Gasteiger partial charge in [0.1, 0.15) is 11.2 Å². The zero-order valence-corrected chi connectivity index (χ0v) is 37.7. The number of para-hydroxylation sites is 4. The van der Waals surface area contributed by atoms with Crippen molar-refractivity contribution in [3.8, 4) is 61.3 Å². The molecular weight excluding hydrogens is 837 g/mol. The van der Waals surface area contributed by atoms with E-state index in [1.54, 1.807) is 0 Å². The number of hydrogen-bond donors (Lipinski definition) is 0. The molecule has 0 aliphatic carbocycles. The van der Waals surface area contributed by atoms with Crippen LogP contribution in [0.5, 0.6) is 0 Å². The first kappa shape index (κ1) is 40.1. The van der Waals surface area contributed by atoms with Crippen LogP contribution in [0.3, 0.4) is 0 Å². The Labute approximate surface area is 401 Å². The van der Waals surface area contributed by atoms with Gasteiger partial charge in [-0.15, -0.1) is 0 Å². The summed E-state index contributed by atoms with van der Waals surface area (Å²) in [6.45, 7) is 0. The van der Waals surface area contributed by atoms with E-state index in [2.05, 4.69) is 264 Å². The number of aromatic nitrogens is 1. The zero-order chi connectivity index (χ0) is 45.7. The smallest absolute Gasteiger partial charge is 0.136 e. The Bertz CT molecular complexity index is 4020. The normalized spacial score (nSPS) is 11.5. The molecule has 0 spiro atoms. The minimum Gasteiger partial charge on any atom is -0.456 e. The van der Waals surface area contributed by atoms with E-state index in [0.29, 0.717) is 0 Å². The van der Waals surface area contributed by atoms with Crippen molar-refractivity contribution in [3.63, 3.8) is 0 Å². The molecule has 0 aliphatic heterocycles. The Hall–Kier alpha value is -9.18. The van der Waals surface area contributed by atoms with Crippen molar-refractivity contribution in [1.29, 1.82) is 0 Å². The van der Waals surface area contributed by atoms with Gasteiger partial charge in [-0.3, -0.25) is 0 Å². The van der Waals surface area contributed by atoms with Gasteiger partial charge in [0, 0.05) is 44.0 Å². The van der Waals surface area contributed by atoms with E-state index in [9.17, 15) is 0 Å². The first-order chi connectivity index (χ1) is 34.2. The number of nitrogens with zero attached hydrogens (tertiary/aromatic N) is 2. The van der Waals surface area contributed by atoms with Crippen LogP contribution in [0.1, 0.15) is 0 Å². The highest BCUT2D eigenvalue weighted by Crippen LogP contribution is 2.49. The van der Waals surface area contributed by atoms with Gasteiger partial charge < -0.3 is 13.9 Å². The second kappa shape index (κ2) is 16.9. The Morgan fingerprint density at radius 3 is 1.68 bits per heavy atom. The highest BCUT2D eigenvalue weighted by atomic mass is 16.3. The minimum absolute atomic E-state index is 0.866. The molecule has 0 aliphatic rings. The summed E-state index contributed by atoms with van der Waals surface area (Å²) in [5, 5.41) is 4.69. The third kappa shape index (κ3) is 7.08. The fraction of sp³-hybridized carbons (Fsp3) is 0. The Balaban J connectivity index is 1.06. The van der Waals surface area contributed by atoms with Crippen LogP contribution in [0.15, 0.2) is 271 Å². The molecule has 11 aromatic carbocycles. The summed E-state index contributed by atoms with van der Waals surface area (Å²) in [7, 11) is 0. The lowest BCUT2D eigenvalue weighted by Gasteiger charge is -2.31. The standard InChI is InChI=1S/C66H44N2O/c1-4-19-45(20-5-1)47-23-16-25-51(41-47)66-55(50-38-40-59-58-31-12-15-36-64(58)69-65(59)44-50)32-18-35-62(66)68(60-33-13-10-29-54(60)46-21-6-2-7-22-46)53-28-17-24-48(42-53)49-37-39-57-56-30-11-14-34-61(56)67(63(57)43-49)52-26-8-3-9-27-52/h1-44H. The van der Waals surface area contributed by atoms with Gasteiger partial charge >= 0.3 is 0 Å². The molecule has 0 bridgehead atoms. The monoisotopic (exact) mass is 880 g/mol. The Kier molecular flexibility index (Phi) is 9.84. The number of anilines is 3. The quantitative estimate of drug-likeness (QED) is 0.144. The van der Waals surface area contributed by atoms with Crippen LogP contribution in [0.2, 0.25) is 0 Å². The van der Waals surface area contributed by atoms with E-state index in [0.717, 1.165) is 94.8 Å². The van der Waals surface area contributed by atoms with Gasteiger partial charge in [-0.25, -0.2) is 0 Å². The average Bonchev–Trinajstić information content (AvgIpc) is 3.97. The van der Waals surface area contributed by atoms with Crippen molar-refractivity contribution in [2.45, 2.75) is 0 Å². The molecule has 0 fully saturated rings. The SMILES string of the molecule is c1ccc(-c2cccc(-c3c(-c4ccc5c(c4)oc4ccccc45)cccc3N(c3cccc(-c4ccc5c6ccccc6n(-c6ccccc6)c5c4)c3)c3ccccc3-c3ccccc3)c2)cc1. The summed E-state index contributed by atoms with van der Waals surface area (Å²) in [6, 6.07) is 96.3. The molecule has 0 saturated heterocycles. The van der Waals surface area contributed by atoms with E-state index in [-0.39, 0.29) is 0 Å². The van der Waals surface area contributed by atoms with Gasteiger partial charge in [-0.1, -0.05) is 194 Å². The topological polar surface area (TPSA) is 21.3 Å². The summed E-state index contributed by atoms with van der Waals surface area (Å²) in [6.07, 6.45) is 0. The molecule has 2 heterocycles. The molecular formula is C66H44N2O. The lowest BCUT2D eigenvalue weighted by atomic mass is 9.89. The van der Waals surface area contributed by atoms with Crippen LogP contribution < -0.4 is 4.90 Å². The summed E-state index contributed by atoms with van der Waals surface area (Å²) in [4.78, 5) is 2.47. The number of benzene rings is 11. The van der Waals surface area contributed by atoms with Crippen LogP contribution in [0.25, 0.3) is 105 Å². The number of furan rings is 1. The fourth-order valence-electron chi connectivity index (χ4n) is 10.4. The molecule has 13 aromatic rings. The number of hydrogen-bond acceptors (Lipinski definition) is 2. The highest BCUT2D eigenvalue weighted by molar-refractivity contribution is 6.11. The zero-order valence-electron chi connectivity index (χ0n) is 37.7. The third-order valence-corrected chi connectivity index (χ3v) is 13.6. The maximum Gasteiger partial charge on any atom is 0.136 e. The van der Waals surface area contributed by atoms with Crippen molar-refractivity contribution < 1.29 is 4.42 Å². The fourth-order valence-corrected chi connectivity index (χ4v) is 10.4. The summed E-state index contributed by atoms with van der Waals surface area (Å²) in [5.74, 6) is 0. The van der Waals surface area contributed by atoms with Crippen LogP contribution in [0, 0.1) is 0 Å². The van der Waals surface area contributed by atoms with Crippen LogP contribution in [0.4, 0.5) is 17.1 Å². The molecule has 13 rings (SSSR count). The van der Waals surface area contributed by atoms with Gasteiger partial charge in [-0.05, 0) is 117 Å². The van der Waals surface area contributed by atoms with E-state index >= 15 is 0 Å². The minimum atomic E-state index is 0.866. The molecule has 3 heteroatoms. The molecule has 0 saturated carbocycles. The number of rotatable bonds is 9. The molecule has 2 aromatic heterocycles. The average molecular weight is 881 g/mol. The lowest BCUT2D eigenvalue weighted by Crippen LogP contribution is -2.13.